The number of anilines is 1. The molecule has 1 aliphatic heterocycles. The lowest BCUT2D eigenvalue weighted by molar-refractivity contribution is -0.128. The lowest BCUT2D eigenvalue weighted by atomic mass is 9.97. The minimum atomic E-state index is 0.238. The average Bonchev–Trinajstić information content (AvgIpc) is 2.99. The third kappa shape index (κ3) is 3.08. The molecule has 2 aromatic rings. The fourth-order valence-electron chi connectivity index (χ4n) is 3.15. The second-order valence-electron chi connectivity index (χ2n) is 5.92. The van der Waals surface area contributed by atoms with Crippen molar-refractivity contribution in [2.24, 2.45) is 5.92 Å². The number of nitrogens with two attached hydrogens (primary N) is 1. The van der Waals surface area contributed by atoms with Crippen molar-refractivity contribution in [3.63, 3.8) is 0 Å². The molecule has 1 fully saturated rings. The monoisotopic (exact) mass is 319 g/mol. The van der Waals surface area contributed by atoms with E-state index in [9.17, 15) is 4.79 Å². The van der Waals surface area contributed by atoms with Gasteiger partial charge in [-0.05, 0) is 36.5 Å². The number of aromatic nitrogens is 1. The number of nitrogens with zero attached hydrogens (tertiary/aromatic N) is 2. The molecule has 0 saturated carbocycles. The van der Waals surface area contributed by atoms with Gasteiger partial charge in [0.1, 0.15) is 0 Å². The summed E-state index contributed by atoms with van der Waals surface area (Å²) in [6.45, 7) is 4.18. The zero-order chi connectivity index (χ0) is 15.7. The first-order chi connectivity index (χ1) is 10.6. The summed E-state index contributed by atoms with van der Waals surface area (Å²) in [5, 5.41) is 0.608. The van der Waals surface area contributed by atoms with Gasteiger partial charge in [-0.15, -0.1) is 0 Å². The standard InChI is InChI=1S/C16H21N3O2S/c1-10-5-11(7-13-15(10)18-16(17)22-13)6-12-8-14(20)19(9-12)3-4-21-2/h5,7,12H,3-4,6,8-9H2,1-2H3,(H2,17,18). The number of carbonyl (C=O) groups excluding carboxylic acids is 1. The molecule has 5 nitrogen and oxygen atoms in total. The number of ether oxygens (including phenoxy) is 1. The van der Waals surface area contributed by atoms with Crippen LogP contribution in [0.25, 0.3) is 10.2 Å². The summed E-state index contributed by atoms with van der Waals surface area (Å²) >= 11 is 1.52. The number of methoxy groups -OCH3 is 1. The first-order valence-electron chi connectivity index (χ1n) is 7.49. The van der Waals surface area contributed by atoms with E-state index in [2.05, 4.69) is 24.0 Å². The molecule has 1 unspecified atom stereocenters. The summed E-state index contributed by atoms with van der Waals surface area (Å²) in [6.07, 6.45) is 1.55. The Hall–Kier alpha value is -1.66. The Morgan fingerprint density at radius 1 is 1.50 bits per heavy atom. The van der Waals surface area contributed by atoms with Crippen LogP contribution in [0.2, 0.25) is 0 Å². The number of hydrogen-bond acceptors (Lipinski definition) is 5. The number of amides is 1. The van der Waals surface area contributed by atoms with Gasteiger partial charge in [0.2, 0.25) is 5.91 Å². The van der Waals surface area contributed by atoms with E-state index < -0.39 is 0 Å². The largest absolute Gasteiger partial charge is 0.383 e. The minimum absolute atomic E-state index is 0.238. The highest BCUT2D eigenvalue weighted by atomic mass is 32.1. The van der Waals surface area contributed by atoms with Crippen LogP contribution in [0.15, 0.2) is 12.1 Å². The SMILES string of the molecule is COCCN1CC(Cc2cc(C)c3nc(N)sc3c2)CC1=O. The molecular formula is C16H21N3O2S. The average molecular weight is 319 g/mol. The van der Waals surface area contributed by atoms with E-state index in [-0.39, 0.29) is 5.91 Å². The summed E-state index contributed by atoms with van der Waals surface area (Å²) < 4.78 is 6.19. The first kappa shape index (κ1) is 15.2. The van der Waals surface area contributed by atoms with Gasteiger partial charge in [0.25, 0.3) is 0 Å². The third-order valence-corrected chi connectivity index (χ3v) is 4.98. The lowest BCUT2D eigenvalue weighted by Crippen LogP contribution is -2.28. The van der Waals surface area contributed by atoms with Crippen molar-refractivity contribution >= 4 is 32.6 Å². The van der Waals surface area contributed by atoms with Crippen molar-refractivity contribution in [3.05, 3.63) is 23.3 Å². The number of fused-ring (bicyclic) bond motifs is 1. The summed E-state index contributed by atoms with van der Waals surface area (Å²) in [5.41, 5.74) is 9.21. The van der Waals surface area contributed by atoms with Gasteiger partial charge < -0.3 is 15.4 Å². The van der Waals surface area contributed by atoms with Crippen LogP contribution in [-0.4, -0.2) is 42.6 Å². The number of nitrogen functional groups attached to an aromatic ring is 1. The quantitative estimate of drug-likeness (QED) is 0.917. The van der Waals surface area contributed by atoms with Gasteiger partial charge in [-0.1, -0.05) is 17.4 Å². The number of benzene rings is 1. The van der Waals surface area contributed by atoms with Crippen molar-refractivity contribution in [2.75, 3.05) is 32.5 Å². The third-order valence-electron chi connectivity index (χ3n) is 4.15. The normalized spacial score (nSPS) is 18.5. The van der Waals surface area contributed by atoms with Gasteiger partial charge in [0.15, 0.2) is 5.13 Å². The number of likely N-dealkylation sites (tertiary alicyclic amines) is 1. The fourth-order valence-corrected chi connectivity index (χ4v) is 4.02. The lowest BCUT2D eigenvalue weighted by Gasteiger charge is -2.16. The second kappa shape index (κ2) is 6.22. The van der Waals surface area contributed by atoms with Crippen LogP contribution in [0.5, 0.6) is 0 Å². The van der Waals surface area contributed by atoms with Crippen molar-refractivity contribution < 1.29 is 9.53 Å². The van der Waals surface area contributed by atoms with Crippen LogP contribution in [0.3, 0.4) is 0 Å². The summed E-state index contributed by atoms with van der Waals surface area (Å²) in [5.74, 6) is 0.619. The predicted molar refractivity (Wildman–Crippen MR) is 89.0 cm³/mol. The Balaban J connectivity index is 1.72. The molecular weight excluding hydrogens is 298 g/mol. The van der Waals surface area contributed by atoms with Gasteiger partial charge in [-0.3, -0.25) is 4.79 Å². The topological polar surface area (TPSA) is 68.4 Å². The molecule has 0 aliphatic carbocycles. The summed E-state index contributed by atoms with van der Waals surface area (Å²) in [4.78, 5) is 18.3. The van der Waals surface area contributed by atoms with Crippen molar-refractivity contribution in [2.45, 2.75) is 19.8 Å². The number of thiazole rings is 1. The van der Waals surface area contributed by atoms with Crippen molar-refractivity contribution in [3.8, 4) is 0 Å². The fraction of sp³-hybridized carbons (Fsp3) is 0.500. The molecule has 3 rings (SSSR count). The Labute approximate surface area is 134 Å². The maximum Gasteiger partial charge on any atom is 0.223 e. The van der Waals surface area contributed by atoms with Gasteiger partial charge in [0.05, 0.1) is 16.8 Å². The molecule has 6 heteroatoms. The van der Waals surface area contributed by atoms with E-state index in [0.29, 0.717) is 30.6 Å². The Bertz CT molecular complexity index is 698. The molecule has 1 aliphatic rings. The minimum Gasteiger partial charge on any atom is -0.383 e. The Morgan fingerprint density at radius 3 is 3.09 bits per heavy atom. The van der Waals surface area contributed by atoms with Crippen LogP contribution in [0.4, 0.5) is 5.13 Å². The zero-order valence-corrected chi connectivity index (χ0v) is 13.8. The number of aryl methyl sites for hydroxylation is 1. The van der Waals surface area contributed by atoms with E-state index in [1.807, 2.05) is 4.90 Å². The molecule has 1 saturated heterocycles. The van der Waals surface area contributed by atoms with E-state index in [1.54, 1.807) is 7.11 Å². The second-order valence-corrected chi connectivity index (χ2v) is 6.98. The van der Waals surface area contributed by atoms with Crippen LogP contribution in [0.1, 0.15) is 17.5 Å². The Kier molecular flexibility index (Phi) is 4.31. The highest BCUT2D eigenvalue weighted by Crippen LogP contribution is 2.30. The van der Waals surface area contributed by atoms with E-state index in [1.165, 1.54) is 16.9 Å². The first-order valence-corrected chi connectivity index (χ1v) is 8.30. The molecule has 22 heavy (non-hydrogen) atoms. The maximum atomic E-state index is 12.0. The number of carbonyl (C=O) groups is 1. The van der Waals surface area contributed by atoms with Crippen LogP contribution in [-0.2, 0) is 16.0 Å². The van der Waals surface area contributed by atoms with Crippen LogP contribution < -0.4 is 5.73 Å². The molecule has 0 spiro atoms. The van der Waals surface area contributed by atoms with Gasteiger partial charge in [0, 0.05) is 26.6 Å². The maximum absolute atomic E-state index is 12.0. The van der Waals surface area contributed by atoms with E-state index >= 15 is 0 Å². The molecule has 2 N–H and O–H groups in total. The molecule has 1 atom stereocenters. The molecule has 1 aromatic heterocycles. The molecule has 0 radical (unpaired) electrons. The smallest absolute Gasteiger partial charge is 0.223 e. The predicted octanol–water partition coefficient (Wildman–Crippen LogP) is 2.22. The molecule has 1 aromatic carbocycles. The molecule has 118 valence electrons. The molecule has 1 amide bonds. The van der Waals surface area contributed by atoms with Crippen molar-refractivity contribution in [1.82, 2.24) is 9.88 Å². The molecule has 0 bridgehead atoms. The highest BCUT2D eigenvalue weighted by molar-refractivity contribution is 7.22. The Morgan fingerprint density at radius 2 is 2.32 bits per heavy atom. The van der Waals surface area contributed by atoms with Crippen molar-refractivity contribution in [1.29, 1.82) is 0 Å². The van der Waals surface area contributed by atoms with E-state index in [4.69, 9.17) is 10.5 Å². The van der Waals surface area contributed by atoms with Crippen LogP contribution in [0, 0.1) is 12.8 Å². The van der Waals surface area contributed by atoms with Crippen LogP contribution >= 0.6 is 11.3 Å². The van der Waals surface area contributed by atoms with Gasteiger partial charge >= 0.3 is 0 Å². The van der Waals surface area contributed by atoms with E-state index in [0.717, 1.165) is 28.7 Å². The molecule has 2 heterocycles. The zero-order valence-electron chi connectivity index (χ0n) is 13.0. The highest BCUT2D eigenvalue weighted by Gasteiger charge is 2.29. The summed E-state index contributed by atoms with van der Waals surface area (Å²) in [7, 11) is 1.66. The van der Waals surface area contributed by atoms with Gasteiger partial charge in [-0.2, -0.15) is 0 Å². The number of hydrogen-bond donors (Lipinski definition) is 1. The van der Waals surface area contributed by atoms with Gasteiger partial charge in [-0.25, -0.2) is 4.98 Å². The number of rotatable bonds is 5. The summed E-state index contributed by atoms with van der Waals surface area (Å²) in [6, 6.07) is 4.34.